The Kier molecular flexibility index (Phi) is 6.17. The molecule has 1 aromatic rings. The van der Waals surface area contributed by atoms with Gasteiger partial charge in [-0.1, -0.05) is 29.8 Å². The normalized spacial score (nSPS) is 17.0. The molecule has 0 radical (unpaired) electrons. The maximum Gasteiger partial charge on any atom is 0.211 e. The second kappa shape index (κ2) is 7.89. The lowest BCUT2D eigenvalue weighted by Crippen LogP contribution is -2.38. The van der Waals surface area contributed by atoms with Gasteiger partial charge in [0.1, 0.15) is 0 Å². The molecule has 1 heterocycles. The van der Waals surface area contributed by atoms with Crippen LogP contribution in [0.25, 0.3) is 0 Å². The van der Waals surface area contributed by atoms with Gasteiger partial charge in [0.15, 0.2) is 0 Å². The zero-order valence-electron chi connectivity index (χ0n) is 12.5. The predicted octanol–water partition coefficient (Wildman–Crippen LogP) is 1.14. The summed E-state index contributed by atoms with van der Waals surface area (Å²) >= 11 is 0. The van der Waals surface area contributed by atoms with E-state index < -0.39 is 10.0 Å². The lowest BCUT2D eigenvalue weighted by molar-refractivity contribution is 0.0381. The fourth-order valence-corrected chi connectivity index (χ4v) is 3.31. The first-order valence-corrected chi connectivity index (χ1v) is 9.03. The largest absolute Gasteiger partial charge is 0.379 e. The Balaban J connectivity index is 1.70. The van der Waals surface area contributed by atoms with E-state index >= 15 is 0 Å². The minimum Gasteiger partial charge on any atom is -0.379 e. The van der Waals surface area contributed by atoms with E-state index in [4.69, 9.17) is 4.74 Å². The fraction of sp³-hybridized carbons (Fsp3) is 0.600. The lowest BCUT2D eigenvalue weighted by Gasteiger charge is -2.26. The highest BCUT2D eigenvalue weighted by atomic mass is 32.2. The summed E-state index contributed by atoms with van der Waals surface area (Å²) in [5.74, 6) is 0.177. The summed E-state index contributed by atoms with van der Waals surface area (Å²) < 4.78 is 31.8. The predicted molar refractivity (Wildman–Crippen MR) is 83.7 cm³/mol. The molecule has 1 N–H and O–H groups in total. The minimum absolute atomic E-state index is 0.177. The Morgan fingerprint density at radius 1 is 1.19 bits per heavy atom. The number of ether oxygens (including phenoxy) is 1. The number of aryl methyl sites for hydroxylation is 1. The highest BCUT2D eigenvalue weighted by Gasteiger charge is 2.13. The van der Waals surface area contributed by atoms with Gasteiger partial charge in [0.2, 0.25) is 10.0 Å². The number of benzene rings is 1. The summed E-state index contributed by atoms with van der Waals surface area (Å²) in [7, 11) is -3.20. The van der Waals surface area contributed by atoms with Crippen molar-refractivity contribution in [2.24, 2.45) is 0 Å². The van der Waals surface area contributed by atoms with E-state index in [0.29, 0.717) is 13.0 Å². The van der Waals surface area contributed by atoms with Crippen LogP contribution >= 0.6 is 0 Å². The van der Waals surface area contributed by atoms with Crippen LogP contribution in [0.3, 0.4) is 0 Å². The van der Waals surface area contributed by atoms with Gasteiger partial charge in [-0.25, -0.2) is 13.1 Å². The van der Waals surface area contributed by atoms with Crippen molar-refractivity contribution in [2.75, 3.05) is 38.6 Å². The third kappa shape index (κ3) is 6.13. The maximum absolute atomic E-state index is 12.0. The van der Waals surface area contributed by atoms with Crippen LogP contribution in [-0.4, -0.2) is 51.9 Å². The van der Waals surface area contributed by atoms with Crippen LogP contribution < -0.4 is 4.72 Å². The molecule has 6 heteroatoms. The van der Waals surface area contributed by atoms with Crippen molar-refractivity contribution in [2.45, 2.75) is 19.9 Å². The highest BCUT2D eigenvalue weighted by molar-refractivity contribution is 7.89. The van der Waals surface area contributed by atoms with Crippen LogP contribution in [0.1, 0.15) is 17.5 Å². The summed E-state index contributed by atoms with van der Waals surface area (Å²) in [6.07, 6.45) is 0.656. The van der Waals surface area contributed by atoms with E-state index in [1.807, 2.05) is 31.2 Å². The summed E-state index contributed by atoms with van der Waals surface area (Å²) in [6.45, 7) is 6.49. The lowest BCUT2D eigenvalue weighted by atomic mass is 10.2. The number of rotatable bonds is 7. The molecule has 0 atom stereocenters. The number of nitrogens with zero attached hydrogens (tertiary/aromatic N) is 1. The molecular formula is C15H24N2O3S. The Labute approximate surface area is 127 Å². The second-order valence-electron chi connectivity index (χ2n) is 5.43. The molecule has 0 amide bonds. The Bertz CT molecular complexity index is 522. The molecule has 1 aliphatic rings. The first kappa shape index (κ1) is 16.4. The summed E-state index contributed by atoms with van der Waals surface area (Å²) in [5.41, 5.74) is 2.16. The van der Waals surface area contributed by atoms with E-state index in [1.54, 1.807) is 0 Å². The minimum atomic E-state index is -3.20. The molecule has 5 nitrogen and oxygen atoms in total. The van der Waals surface area contributed by atoms with E-state index in [0.717, 1.165) is 38.4 Å². The van der Waals surface area contributed by atoms with Gasteiger partial charge >= 0.3 is 0 Å². The second-order valence-corrected chi connectivity index (χ2v) is 7.36. The number of hydrogen-bond acceptors (Lipinski definition) is 4. The first-order valence-electron chi connectivity index (χ1n) is 7.38. The quantitative estimate of drug-likeness (QED) is 0.820. The molecule has 21 heavy (non-hydrogen) atoms. The molecule has 1 saturated heterocycles. The average Bonchev–Trinajstić information content (AvgIpc) is 2.48. The van der Waals surface area contributed by atoms with Crippen molar-refractivity contribution in [1.82, 2.24) is 9.62 Å². The third-order valence-electron chi connectivity index (χ3n) is 3.61. The number of hydrogen-bond donors (Lipinski definition) is 1. The molecule has 0 saturated carbocycles. The zero-order valence-corrected chi connectivity index (χ0v) is 13.4. The first-order chi connectivity index (χ1) is 10.1. The Morgan fingerprint density at radius 2 is 1.86 bits per heavy atom. The van der Waals surface area contributed by atoms with Crippen LogP contribution in [-0.2, 0) is 21.3 Å². The highest BCUT2D eigenvalue weighted by Crippen LogP contribution is 2.04. The molecular weight excluding hydrogens is 288 g/mol. The molecule has 0 spiro atoms. The van der Waals surface area contributed by atoms with Gasteiger partial charge in [0.05, 0.1) is 19.0 Å². The number of sulfonamides is 1. The molecule has 1 fully saturated rings. The summed E-state index contributed by atoms with van der Waals surface area (Å²) in [6, 6.07) is 7.88. The molecule has 0 bridgehead atoms. The third-order valence-corrected chi connectivity index (χ3v) is 5.02. The molecule has 1 aromatic carbocycles. The molecule has 0 aliphatic carbocycles. The number of nitrogens with one attached hydrogen (secondary N) is 1. The maximum atomic E-state index is 12.0. The van der Waals surface area contributed by atoms with Crippen LogP contribution in [0.15, 0.2) is 24.3 Å². The molecule has 0 unspecified atom stereocenters. The van der Waals surface area contributed by atoms with Crippen molar-refractivity contribution in [3.8, 4) is 0 Å². The topological polar surface area (TPSA) is 58.6 Å². The summed E-state index contributed by atoms with van der Waals surface area (Å²) in [4.78, 5) is 2.25. The standard InChI is InChI=1S/C15H24N2O3S/c1-14-3-5-15(6-4-14)13-16-21(18,19)12-2-7-17-8-10-20-11-9-17/h3-6,16H,2,7-13H2,1H3. The monoisotopic (exact) mass is 312 g/mol. The van der Waals surface area contributed by atoms with Crippen molar-refractivity contribution in [3.05, 3.63) is 35.4 Å². The van der Waals surface area contributed by atoms with Crippen LogP contribution in [0.5, 0.6) is 0 Å². The van der Waals surface area contributed by atoms with E-state index in [2.05, 4.69) is 9.62 Å². The van der Waals surface area contributed by atoms with E-state index in [-0.39, 0.29) is 5.75 Å². The zero-order chi connectivity index (χ0) is 15.1. The number of morpholine rings is 1. The Hall–Kier alpha value is -0.950. The van der Waals surface area contributed by atoms with Gasteiger partial charge in [-0.05, 0) is 25.5 Å². The van der Waals surface area contributed by atoms with Crippen molar-refractivity contribution in [1.29, 1.82) is 0 Å². The molecule has 0 aromatic heterocycles. The summed E-state index contributed by atoms with van der Waals surface area (Å²) in [5, 5.41) is 0. The van der Waals surface area contributed by atoms with E-state index in [1.165, 1.54) is 5.56 Å². The van der Waals surface area contributed by atoms with Gasteiger partial charge in [-0.3, -0.25) is 4.90 Å². The molecule has 2 rings (SSSR count). The van der Waals surface area contributed by atoms with Gasteiger partial charge < -0.3 is 4.74 Å². The van der Waals surface area contributed by atoms with Gasteiger partial charge in [-0.2, -0.15) is 0 Å². The van der Waals surface area contributed by atoms with Crippen molar-refractivity contribution >= 4 is 10.0 Å². The fourth-order valence-electron chi connectivity index (χ4n) is 2.27. The van der Waals surface area contributed by atoms with Gasteiger partial charge in [0.25, 0.3) is 0 Å². The smallest absolute Gasteiger partial charge is 0.211 e. The molecule has 1 aliphatic heterocycles. The SMILES string of the molecule is Cc1ccc(CNS(=O)(=O)CCCN2CCOCC2)cc1. The van der Waals surface area contributed by atoms with Crippen LogP contribution in [0.4, 0.5) is 0 Å². The average molecular weight is 312 g/mol. The van der Waals surface area contributed by atoms with Crippen molar-refractivity contribution in [3.63, 3.8) is 0 Å². The molecule has 118 valence electrons. The Morgan fingerprint density at radius 3 is 2.52 bits per heavy atom. The van der Waals surface area contributed by atoms with Crippen molar-refractivity contribution < 1.29 is 13.2 Å². The van der Waals surface area contributed by atoms with Crippen LogP contribution in [0.2, 0.25) is 0 Å². The van der Waals surface area contributed by atoms with Gasteiger partial charge in [0, 0.05) is 19.6 Å². The van der Waals surface area contributed by atoms with Gasteiger partial charge in [-0.15, -0.1) is 0 Å². The van der Waals surface area contributed by atoms with Crippen LogP contribution in [0, 0.1) is 6.92 Å². The van der Waals surface area contributed by atoms with E-state index in [9.17, 15) is 8.42 Å².